The number of nitrogens with one attached hydrogen (secondary N) is 1. The molecule has 0 aliphatic carbocycles. The minimum atomic E-state index is -4.26. The summed E-state index contributed by atoms with van der Waals surface area (Å²) in [5, 5.41) is 2.55. The van der Waals surface area contributed by atoms with Crippen molar-refractivity contribution >= 4 is 0 Å². The maximum absolute atomic E-state index is 13.0. The Morgan fingerprint density at radius 3 is 2.53 bits per heavy atom. The normalized spacial score (nSPS) is 13.4. The highest BCUT2D eigenvalue weighted by molar-refractivity contribution is 5.37. The second-order valence-electron chi connectivity index (χ2n) is 4.57. The van der Waals surface area contributed by atoms with E-state index in [1.807, 2.05) is 19.9 Å². The Hall–Kier alpha value is -1.23. The molecule has 1 atom stereocenters. The van der Waals surface area contributed by atoms with E-state index in [1.165, 1.54) is 7.11 Å². The first-order valence-electron chi connectivity index (χ1n) is 6.32. The van der Waals surface area contributed by atoms with Crippen molar-refractivity contribution in [2.45, 2.75) is 38.9 Å². The summed E-state index contributed by atoms with van der Waals surface area (Å²) in [6.07, 6.45) is -3.71. The molecular weight excluding hydrogens is 255 g/mol. The number of hydrogen-bond acceptors (Lipinski definition) is 2. The third-order valence-corrected chi connectivity index (χ3v) is 2.90. The van der Waals surface area contributed by atoms with E-state index in [9.17, 15) is 13.2 Å². The van der Waals surface area contributed by atoms with E-state index in [2.05, 4.69) is 5.32 Å². The Morgan fingerprint density at radius 2 is 2.00 bits per heavy atom. The Morgan fingerprint density at radius 1 is 1.32 bits per heavy atom. The lowest BCUT2D eigenvalue weighted by atomic mass is 10.0. The lowest BCUT2D eigenvalue weighted by Crippen LogP contribution is -2.44. The van der Waals surface area contributed by atoms with E-state index in [0.717, 1.165) is 5.56 Å². The van der Waals surface area contributed by atoms with E-state index >= 15 is 0 Å². The van der Waals surface area contributed by atoms with Crippen LogP contribution < -0.4 is 10.1 Å². The van der Waals surface area contributed by atoms with Gasteiger partial charge >= 0.3 is 6.18 Å². The van der Waals surface area contributed by atoms with E-state index in [4.69, 9.17) is 4.74 Å². The molecule has 0 aromatic heterocycles. The Bertz CT molecular complexity index is 404. The van der Waals surface area contributed by atoms with Crippen LogP contribution in [0.25, 0.3) is 0 Å². The van der Waals surface area contributed by atoms with Crippen LogP contribution in [0.1, 0.15) is 24.5 Å². The maximum atomic E-state index is 13.0. The van der Waals surface area contributed by atoms with Gasteiger partial charge in [-0.05, 0) is 31.5 Å². The number of alkyl halides is 3. The average Bonchev–Trinajstić information content (AvgIpc) is 2.33. The van der Waals surface area contributed by atoms with Crippen molar-refractivity contribution in [3.8, 4) is 5.75 Å². The predicted octanol–water partition coefficient (Wildman–Crippen LogP) is 3.48. The molecule has 1 aromatic carbocycles. The molecule has 0 spiro atoms. The second kappa shape index (κ2) is 6.80. The van der Waals surface area contributed by atoms with Crippen LogP contribution in [0, 0.1) is 6.92 Å². The van der Waals surface area contributed by atoms with Crippen molar-refractivity contribution in [1.82, 2.24) is 5.32 Å². The molecule has 1 aromatic rings. The van der Waals surface area contributed by atoms with Crippen LogP contribution in [0.5, 0.6) is 5.75 Å². The molecule has 0 heterocycles. The Balaban J connectivity index is 2.92. The fourth-order valence-corrected chi connectivity index (χ4v) is 1.91. The highest BCUT2D eigenvalue weighted by Crippen LogP contribution is 2.27. The van der Waals surface area contributed by atoms with Gasteiger partial charge in [0.25, 0.3) is 0 Å². The highest BCUT2D eigenvalue weighted by Gasteiger charge is 2.39. The van der Waals surface area contributed by atoms with Gasteiger partial charge in [0.15, 0.2) is 0 Å². The van der Waals surface area contributed by atoms with Crippen LogP contribution in [-0.2, 0) is 6.42 Å². The fourth-order valence-electron chi connectivity index (χ4n) is 1.91. The quantitative estimate of drug-likeness (QED) is 0.858. The standard InChI is InChI=1S/C14H20F3NO/c1-4-7-18-13(14(15,16)17)9-11-8-10(2)5-6-12(11)19-3/h5-6,8,13,18H,4,7,9H2,1-3H3. The van der Waals surface area contributed by atoms with Gasteiger partial charge in [-0.2, -0.15) is 13.2 Å². The van der Waals surface area contributed by atoms with E-state index in [0.29, 0.717) is 24.3 Å². The summed E-state index contributed by atoms with van der Waals surface area (Å²) in [7, 11) is 1.47. The molecule has 108 valence electrons. The average molecular weight is 275 g/mol. The second-order valence-corrected chi connectivity index (χ2v) is 4.57. The zero-order valence-corrected chi connectivity index (χ0v) is 11.5. The molecule has 0 aliphatic heterocycles. The third-order valence-electron chi connectivity index (χ3n) is 2.90. The molecule has 0 saturated carbocycles. The molecule has 0 fully saturated rings. The van der Waals surface area contributed by atoms with Crippen LogP contribution >= 0.6 is 0 Å². The fraction of sp³-hybridized carbons (Fsp3) is 0.571. The first kappa shape index (κ1) is 15.8. The molecule has 0 saturated heterocycles. The lowest BCUT2D eigenvalue weighted by molar-refractivity contribution is -0.155. The summed E-state index contributed by atoms with van der Waals surface area (Å²) in [5.41, 5.74) is 1.50. The van der Waals surface area contributed by atoms with Gasteiger partial charge in [-0.25, -0.2) is 0 Å². The minimum Gasteiger partial charge on any atom is -0.496 e. The summed E-state index contributed by atoms with van der Waals surface area (Å²) in [4.78, 5) is 0. The van der Waals surface area contributed by atoms with Gasteiger partial charge in [-0.3, -0.25) is 0 Å². The van der Waals surface area contributed by atoms with E-state index < -0.39 is 12.2 Å². The van der Waals surface area contributed by atoms with Crippen molar-refractivity contribution in [3.63, 3.8) is 0 Å². The van der Waals surface area contributed by atoms with Crippen molar-refractivity contribution in [3.05, 3.63) is 29.3 Å². The smallest absolute Gasteiger partial charge is 0.404 e. The van der Waals surface area contributed by atoms with Gasteiger partial charge in [0.1, 0.15) is 11.8 Å². The highest BCUT2D eigenvalue weighted by atomic mass is 19.4. The zero-order valence-electron chi connectivity index (χ0n) is 11.5. The molecule has 0 radical (unpaired) electrons. The van der Waals surface area contributed by atoms with Gasteiger partial charge in [0, 0.05) is 6.42 Å². The Kier molecular flexibility index (Phi) is 5.66. The summed E-state index contributed by atoms with van der Waals surface area (Å²) < 4.78 is 44.0. The third kappa shape index (κ3) is 4.74. The minimum absolute atomic E-state index is 0.117. The lowest BCUT2D eigenvalue weighted by Gasteiger charge is -2.22. The molecular formula is C14H20F3NO. The number of aryl methyl sites for hydroxylation is 1. The number of rotatable bonds is 6. The molecule has 0 amide bonds. The number of benzene rings is 1. The van der Waals surface area contributed by atoms with Gasteiger partial charge in [0.2, 0.25) is 0 Å². The van der Waals surface area contributed by atoms with Crippen LogP contribution in [0.4, 0.5) is 13.2 Å². The van der Waals surface area contributed by atoms with Crippen LogP contribution in [-0.4, -0.2) is 25.9 Å². The number of hydrogen-bond donors (Lipinski definition) is 1. The summed E-state index contributed by atoms with van der Waals surface area (Å²) in [6, 6.07) is 3.73. The first-order valence-corrected chi connectivity index (χ1v) is 6.32. The summed E-state index contributed by atoms with van der Waals surface area (Å²) in [5.74, 6) is 0.498. The van der Waals surface area contributed by atoms with Crippen molar-refractivity contribution in [2.24, 2.45) is 0 Å². The van der Waals surface area contributed by atoms with Crippen LogP contribution in [0.2, 0.25) is 0 Å². The van der Waals surface area contributed by atoms with Crippen LogP contribution in [0.15, 0.2) is 18.2 Å². The van der Waals surface area contributed by atoms with Gasteiger partial charge < -0.3 is 10.1 Å². The van der Waals surface area contributed by atoms with E-state index in [1.54, 1.807) is 12.1 Å². The molecule has 1 rings (SSSR count). The first-order chi connectivity index (χ1) is 8.88. The molecule has 1 N–H and O–H groups in total. The molecule has 2 nitrogen and oxygen atoms in total. The SMILES string of the molecule is CCCNC(Cc1cc(C)ccc1OC)C(F)(F)F. The Labute approximate surface area is 112 Å². The molecule has 1 unspecified atom stereocenters. The summed E-state index contributed by atoms with van der Waals surface area (Å²) in [6.45, 7) is 4.04. The summed E-state index contributed by atoms with van der Waals surface area (Å²) >= 11 is 0. The maximum Gasteiger partial charge on any atom is 0.404 e. The number of ether oxygens (including phenoxy) is 1. The van der Waals surface area contributed by atoms with Crippen LogP contribution in [0.3, 0.4) is 0 Å². The predicted molar refractivity (Wildman–Crippen MR) is 69.6 cm³/mol. The van der Waals surface area contributed by atoms with Crippen molar-refractivity contribution < 1.29 is 17.9 Å². The van der Waals surface area contributed by atoms with Gasteiger partial charge in [-0.15, -0.1) is 0 Å². The zero-order chi connectivity index (χ0) is 14.5. The number of methoxy groups -OCH3 is 1. The van der Waals surface area contributed by atoms with Gasteiger partial charge in [0.05, 0.1) is 7.11 Å². The molecule has 0 aliphatic rings. The largest absolute Gasteiger partial charge is 0.496 e. The molecule has 19 heavy (non-hydrogen) atoms. The molecule has 0 bridgehead atoms. The monoisotopic (exact) mass is 275 g/mol. The van der Waals surface area contributed by atoms with Crippen molar-refractivity contribution in [2.75, 3.05) is 13.7 Å². The van der Waals surface area contributed by atoms with Gasteiger partial charge in [-0.1, -0.05) is 24.6 Å². The van der Waals surface area contributed by atoms with Crippen molar-refractivity contribution in [1.29, 1.82) is 0 Å². The number of halogens is 3. The van der Waals surface area contributed by atoms with E-state index in [-0.39, 0.29) is 6.42 Å². The topological polar surface area (TPSA) is 21.3 Å². The molecule has 5 heteroatoms.